The molecular formula is C15H16Cl2N2O5S. The molecule has 0 radical (unpaired) electrons. The van der Waals surface area contributed by atoms with Crippen LogP contribution in [-0.4, -0.2) is 17.6 Å². The molecule has 2 rings (SSSR count). The van der Waals surface area contributed by atoms with Gasteiger partial charge in [0.25, 0.3) is 5.56 Å². The summed E-state index contributed by atoms with van der Waals surface area (Å²) in [6.07, 6.45) is 0. The standard InChI is InChI=1S/C15H16Cl2N2O5S/c1-7-6-10(12(17)8(2)11(7)16)24-25(22,23)13-9(3)18(4)15(21)19(5)14(13)20/h6H,1-5H3. The van der Waals surface area contributed by atoms with E-state index in [0.717, 1.165) is 4.57 Å². The molecule has 1 aromatic heterocycles. The van der Waals surface area contributed by atoms with Gasteiger partial charge in [-0.3, -0.25) is 13.9 Å². The van der Waals surface area contributed by atoms with Crippen molar-refractivity contribution >= 4 is 33.3 Å². The Morgan fingerprint density at radius 2 is 1.56 bits per heavy atom. The van der Waals surface area contributed by atoms with Gasteiger partial charge in [-0.1, -0.05) is 23.2 Å². The molecule has 136 valence electrons. The summed E-state index contributed by atoms with van der Waals surface area (Å²) in [7, 11) is -1.98. The van der Waals surface area contributed by atoms with Crippen molar-refractivity contribution in [3.63, 3.8) is 0 Å². The second-order valence-corrected chi connectivity index (χ2v) is 7.84. The molecule has 0 amide bonds. The molecule has 2 aromatic rings. The van der Waals surface area contributed by atoms with Gasteiger partial charge in [0.05, 0.1) is 5.02 Å². The van der Waals surface area contributed by atoms with Gasteiger partial charge in [-0.05, 0) is 38.0 Å². The van der Waals surface area contributed by atoms with Crippen LogP contribution < -0.4 is 15.4 Å². The van der Waals surface area contributed by atoms with Gasteiger partial charge in [-0.2, -0.15) is 8.42 Å². The predicted molar refractivity (Wildman–Crippen MR) is 95.4 cm³/mol. The number of hydrogen-bond donors (Lipinski definition) is 0. The number of halogens is 2. The summed E-state index contributed by atoms with van der Waals surface area (Å²) in [5.41, 5.74) is -0.624. The molecule has 0 N–H and O–H groups in total. The van der Waals surface area contributed by atoms with Gasteiger partial charge < -0.3 is 4.18 Å². The van der Waals surface area contributed by atoms with Crippen LogP contribution in [0, 0.1) is 20.8 Å². The van der Waals surface area contributed by atoms with E-state index in [2.05, 4.69) is 0 Å². The average molecular weight is 407 g/mol. The minimum atomic E-state index is -4.53. The minimum absolute atomic E-state index is 0.0264. The summed E-state index contributed by atoms with van der Waals surface area (Å²) in [6, 6.07) is 1.37. The van der Waals surface area contributed by atoms with E-state index in [9.17, 15) is 18.0 Å². The van der Waals surface area contributed by atoms with Crippen LogP contribution in [0.15, 0.2) is 20.6 Å². The lowest BCUT2D eigenvalue weighted by atomic mass is 10.1. The summed E-state index contributed by atoms with van der Waals surface area (Å²) >= 11 is 12.2. The molecule has 0 unspecified atom stereocenters. The Balaban J connectivity index is 2.72. The first-order valence-corrected chi connectivity index (χ1v) is 9.22. The maximum atomic E-state index is 12.7. The fourth-order valence-electron chi connectivity index (χ4n) is 2.32. The lowest BCUT2D eigenvalue weighted by Gasteiger charge is -2.15. The second-order valence-electron chi connectivity index (χ2n) is 5.60. The third-order valence-electron chi connectivity index (χ3n) is 3.92. The van der Waals surface area contributed by atoms with E-state index < -0.39 is 26.3 Å². The molecule has 0 aliphatic rings. The first kappa shape index (κ1) is 19.6. The van der Waals surface area contributed by atoms with Crippen molar-refractivity contribution in [2.75, 3.05) is 0 Å². The highest BCUT2D eigenvalue weighted by atomic mass is 35.5. The van der Waals surface area contributed by atoms with E-state index in [1.807, 2.05) is 0 Å². The van der Waals surface area contributed by atoms with Crippen LogP contribution in [0.2, 0.25) is 10.0 Å². The topological polar surface area (TPSA) is 87.4 Å². The lowest BCUT2D eigenvalue weighted by molar-refractivity contribution is 0.478. The predicted octanol–water partition coefficient (Wildman–Crippen LogP) is 2.08. The first-order chi connectivity index (χ1) is 11.4. The third-order valence-corrected chi connectivity index (χ3v) is 6.34. The van der Waals surface area contributed by atoms with Crippen LogP contribution in [0.25, 0.3) is 0 Å². The van der Waals surface area contributed by atoms with Crippen LogP contribution in [0.1, 0.15) is 16.8 Å². The quantitative estimate of drug-likeness (QED) is 0.728. The number of aryl methyl sites for hydroxylation is 1. The number of nitrogens with zero attached hydrogens (tertiary/aromatic N) is 2. The Morgan fingerprint density at radius 1 is 1.00 bits per heavy atom. The maximum absolute atomic E-state index is 12.7. The van der Waals surface area contributed by atoms with Crippen LogP contribution in [0.5, 0.6) is 5.75 Å². The monoisotopic (exact) mass is 406 g/mol. The highest BCUT2D eigenvalue weighted by molar-refractivity contribution is 7.87. The first-order valence-electron chi connectivity index (χ1n) is 7.06. The molecule has 7 nitrogen and oxygen atoms in total. The van der Waals surface area contributed by atoms with Gasteiger partial charge in [0.2, 0.25) is 0 Å². The molecule has 1 heterocycles. The van der Waals surface area contributed by atoms with E-state index in [0.29, 0.717) is 20.7 Å². The molecule has 0 saturated heterocycles. The van der Waals surface area contributed by atoms with Gasteiger partial charge in [0.1, 0.15) is 0 Å². The summed E-state index contributed by atoms with van der Waals surface area (Å²) < 4.78 is 32.2. The molecule has 0 spiro atoms. The smallest absolute Gasteiger partial charge is 0.346 e. The van der Waals surface area contributed by atoms with Crippen molar-refractivity contribution in [2.45, 2.75) is 25.7 Å². The molecule has 0 fully saturated rings. The Kier molecular flexibility index (Phi) is 5.09. The van der Waals surface area contributed by atoms with Gasteiger partial charge >= 0.3 is 15.8 Å². The second kappa shape index (κ2) is 6.51. The Labute approximate surface area is 154 Å². The van der Waals surface area contributed by atoms with Crippen LogP contribution in [0.3, 0.4) is 0 Å². The fraction of sp³-hybridized carbons (Fsp3) is 0.333. The van der Waals surface area contributed by atoms with Crippen molar-refractivity contribution < 1.29 is 12.6 Å². The molecule has 10 heteroatoms. The van der Waals surface area contributed by atoms with Crippen LogP contribution in [0.4, 0.5) is 0 Å². The van der Waals surface area contributed by atoms with Crippen LogP contribution in [-0.2, 0) is 24.2 Å². The van der Waals surface area contributed by atoms with Crippen molar-refractivity contribution in [3.05, 3.63) is 53.8 Å². The largest absolute Gasteiger partial charge is 0.377 e. The molecule has 0 saturated carbocycles. The normalized spacial score (nSPS) is 11.6. The van der Waals surface area contributed by atoms with Gasteiger partial charge in [0, 0.05) is 24.8 Å². The highest BCUT2D eigenvalue weighted by Crippen LogP contribution is 2.36. The minimum Gasteiger partial charge on any atom is -0.377 e. The van der Waals surface area contributed by atoms with E-state index in [4.69, 9.17) is 27.4 Å². The molecule has 0 aliphatic carbocycles. The molecule has 1 aromatic carbocycles. The Bertz CT molecular complexity index is 1100. The summed E-state index contributed by atoms with van der Waals surface area (Å²) in [5, 5.41) is 0.419. The molecular weight excluding hydrogens is 391 g/mol. The lowest BCUT2D eigenvalue weighted by Crippen LogP contribution is -2.41. The van der Waals surface area contributed by atoms with E-state index in [1.54, 1.807) is 13.8 Å². The molecule has 25 heavy (non-hydrogen) atoms. The zero-order chi connectivity index (χ0) is 19.3. The maximum Gasteiger partial charge on any atom is 0.346 e. The SMILES string of the molecule is Cc1cc(OS(=O)(=O)c2c(C)n(C)c(=O)n(C)c2=O)c(Cl)c(C)c1Cl. The zero-order valence-electron chi connectivity index (χ0n) is 14.2. The molecule has 0 bridgehead atoms. The van der Waals surface area contributed by atoms with Crippen molar-refractivity contribution in [3.8, 4) is 5.75 Å². The van der Waals surface area contributed by atoms with Crippen LogP contribution >= 0.6 is 23.2 Å². The molecule has 0 atom stereocenters. The number of benzene rings is 1. The Hall–Kier alpha value is -1.77. The highest BCUT2D eigenvalue weighted by Gasteiger charge is 2.28. The fourth-order valence-corrected chi connectivity index (χ4v) is 4.05. The molecule has 0 aliphatic heterocycles. The average Bonchev–Trinajstić information content (AvgIpc) is 2.53. The number of aromatic nitrogens is 2. The third kappa shape index (κ3) is 3.21. The number of hydrogen-bond acceptors (Lipinski definition) is 5. The van der Waals surface area contributed by atoms with E-state index in [-0.39, 0.29) is 16.5 Å². The summed E-state index contributed by atoms with van der Waals surface area (Å²) in [5.74, 6) is -0.142. The van der Waals surface area contributed by atoms with Gasteiger partial charge in [0.15, 0.2) is 10.6 Å². The summed E-state index contributed by atoms with van der Waals surface area (Å²) in [6.45, 7) is 4.63. The Morgan fingerprint density at radius 3 is 2.12 bits per heavy atom. The zero-order valence-corrected chi connectivity index (χ0v) is 16.5. The van der Waals surface area contributed by atoms with Crippen molar-refractivity contribution in [1.29, 1.82) is 0 Å². The van der Waals surface area contributed by atoms with Gasteiger partial charge in [-0.15, -0.1) is 0 Å². The van der Waals surface area contributed by atoms with Crippen molar-refractivity contribution in [2.24, 2.45) is 14.1 Å². The van der Waals surface area contributed by atoms with Crippen molar-refractivity contribution in [1.82, 2.24) is 9.13 Å². The van der Waals surface area contributed by atoms with E-state index >= 15 is 0 Å². The van der Waals surface area contributed by atoms with E-state index in [1.165, 1.54) is 27.1 Å². The van der Waals surface area contributed by atoms with Gasteiger partial charge in [-0.25, -0.2) is 4.79 Å². The summed E-state index contributed by atoms with van der Waals surface area (Å²) in [4.78, 5) is 23.6. The number of rotatable bonds is 3.